The molecule has 0 aliphatic carbocycles. The number of carbonyl (C=O) groups excluding carboxylic acids is 3. The standard InChI is InChI=1S/C22H22FN3O3/c23-16-3-1-2-14(12-16)8-10-24-21(28)18-9-11-26(22(18)29)17-5-6-19-15(13-17)4-7-20(27)25-19/h1-3,5-6,12-13,18H,4,7-11H2,(H,24,28)(H,25,27). The lowest BCUT2D eigenvalue weighted by Gasteiger charge is -2.22. The van der Waals surface area contributed by atoms with Gasteiger partial charge in [0.1, 0.15) is 11.7 Å². The minimum absolute atomic E-state index is 0.00234. The number of benzene rings is 2. The Morgan fingerprint density at radius 2 is 2.03 bits per heavy atom. The summed E-state index contributed by atoms with van der Waals surface area (Å²) in [5.74, 6) is -1.53. The summed E-state index contributed by atoms with van der Waals surface area (Å²) in [5.41, 5.74) is 3.33. The van der Waals surface area contributed by atoms with Crippen molar-refractivity contribution in [3.05, 3.63) is 59.4 Å². The van der Waals surface area contributed by atoms with E-state index < -0.39 is 5.92 Å². The van der Waals surface area contributed by atoms with Crippen molar-refractivity contribution in [1.82, 2.24) is 5.32 Å². The van der Waals surface area contributed by atoms with Gasteiger partial charge in [-0.3, -0.25) is 14.4 Å². The molecule has 7 heteroatoms. The van der Waals surface area contributed by atoms with Gasteiger partial charge in [-0.25, -0.2) is 4.39 Å². The van der Waals surface area contributed by atoms with Crippen LogP contribution in [0.2, 0.25) is 0 Å². The molecular formula is C22H22FN3O3. The Morgan fingerprint density at radius 1 is 1.17 bits per heavy atom. The molecule has 1 atom stereocenters. The predicted molar refractivity (Wildman–Crippen MR) is 107 cm³/mol. The first kappa shape index (κ1) is 19.1. The molecule has 0 spiro atoms. The number of rotatable bonds is 5. The maximum atomic E-state index is 13.2. The van der Waals surface area contributed by atoms with Crippen LogP contribution in [-0.2, 0) is 27.2 Å². The molecule has 2 aliphatic rings. The van der Waals surface area contributed by atoms with Crippen LogP contribution in [0.1, 0.15) is 24.0 Å². The fraction of sp³-hybridized carbons (Fsp3) is 0.318. The molecule has 1 unspecified atom stereocenters. The SMILES string of the molecule is O=C1CCc2cc(N3CCC(C(=O)NCCc4cccc(F)c4)C3=O)ccc2N1. The third-order valence-corrected chi connectivity index (χ3v) is 5.42. The van der Waals surface area contributed by atoms with Gasteiger partial charge in [0.15, 0.2) is 0 Å². The molecule has 3 amide bonds. The van der Waals surface area contributed by atoms with Crippen LogP contribution in [0.15, 0.2) is 42.5 Å². The summed E-state index contributed by atoms with van der Waals surface area (Å²) in [4.78, 5) is 38.4. The van der Waals surface area contributed by atoms with Crippen LogP contribution >= 0.6 is 0 Å². The van der Waals surface area contributed by atoms with E-state index in [1.165, 1.54) is 12.1 Å². The number of carbonyl (C=O) groups is 3. The molecular weight excluding hydrogens is 373 g/mol. The zero-order valence-corrected chi connectivity index (χ0v) is 15.9. The summed E-state index contributed by atoms with van der Waals surface area (Å²) in [5, 5.41) is 5.62. The van der Waals surface area contributed by atoms with Crippen molar-refractivity contribution in [3.8, 4) is 0 Å². The van der Waals surface area contributed by atoms with Crippen LogP contribution in [0.4, 0.5) is 15.8 Å². The molecule has 0 radical (unpaired) electrons. The van der Waals surface area contributed by atoms with Crippen LogP contribution in [0.25, 0.3) is 0 Å². The Balaban J connectivity index is 1.36. The van der Waals surface area contributed by atoms with Crippen molar-refractivity contribution in [1.29, 1.82) is 0 Å². The zero-order chi connectivity index (χ0) is 20.4. The van der Waals surface area contributed by atoms with E-state index in [2.05, 4.69) is 10.6 Å². The van der Waals surface area contributed by atoms with Gasteiger partial charge in [0, 0.05) is 30.9 Å². The number of hydrogen-bond acceptors (Lipinski definition) is 3. The van der Waals surface area contributed by atoms with E-state index >= 15 is 0 Å². The molecule has 29 heavy (non-hydrogen) atoms. The van der Waals surface area contributed by atoms with Crippen LogP contribution in [0.5, 0.6) is 0 Å². The highest BCUT2D eigenvalue weighted by Gasteiger charge is 2.37. The van der Waals surface area contributed by atoms with E-state index in [1.54, 1.807) is 29.2 Å². The fourth-order valence-corrected chi connectivity index (χ4v) is 3.86. The van der Waals surface area contributed by atoms with E-state index in [9.17, 15) is 18.8 Å². The van der Waals surface area contributed by atoms with Gasteiger partial charge in [-0.1, -0.05) is 12.1 Å². The number of aryl methyl sites for hydroxylation is 1. The Kier molecular flexibility index (Phi) is 5.29. The number of fused-ring (bicyclic) bond motifs is 1. The first-order valence-electron chi connectivity index (χ1n) is 9.77. The lowest BCUT2D eigenvalue weighted by Crippen LogP contribution is -2.37. The summed E-state index contributed by atoms with van der Waals surface area (Å²) in [7, 11) is 0. The van der Waals surface area contributed by atoms with Crippen LogP contribution in [0, 0.1) is 11.7 Å². The first-order chi connectivity index (χ1) is 14.0. The van der Waals surface area contributed by atoms with E-state index in [-0.39, 0.29) is 23.5 Å². The van der Waals surface area contributed by atoms with E-state index in [1.807, 2.05) is 6.07 Å². The number of nitrogens with one attached hydrogen (secondary N) is 2. The van der Waals surface area contributed by atoms with E-state index in [4.69, 9.17) is 0 Å². The Bertz CT molecular complexity index is 976. The second-order valence-electron chi connectivity index (χ2n) is 7.39. The molecule has 0 aromatic heterocycles. The average Bonchev–Trinajstić information content (AvgIpc) is 3.09. The topological polar surface area (TPSA) is 78.5 Å². The van der Waals surface area contributed by atoms with Crippen molar-refractivity contribution < 1.29 is 18.8 Å². The minimum Gasteiger partial charge on any atom is -0.355 e. The maximum Gasteiger partial charge on any atom is 0.239 e. The van der Waals surface area contributed by atoms with Crippen molar-refractivity contribution >= 4 is 29.1 Å². The molecule has 150 valence electrons. The van der Waals surface area contributed by atoms with Gasteiger partial charge in [0.2, 0.25) is 17.7 Å². The highest BCUT2D eigenvalue weighted by Crippen LogP contribution is 2.31. The van der Waals surface area contributed by atoms with Gasteiger partial charge in [-0.2, -0.15) is 0 Å². The van der Waals surface area contributed by atoms with Gasteiger partial charge in [0.05, 0.1) is 0 Å². The van der Waals surface area contributed by atoms with E-state index in [0.29, 0.717) is 38.8 Å². The van der Waals surface area contributed by atoms with Crippen molar-refractivity contribution in [2.45, 2.75) is 25.7 Å². The Hall–Kier alpha value is -3.22. The minimum atomic E-state index is -0.710. The number of hydrogen-bond donors (Lipinski definition) is 2. The van der Waals surface area contributed by atoms with Crippen molar-refractivity contribution in [3.63, 3.8) is 0 Å². The average molecular weight is 395 g/mol. The van der Waals surface area contributed by atoms with E-state index in [0.717, 1.165) is 22.5 Å². The van der Waals surface area contributed by atoms with Crippen LogP contribution < -0.4 is 15.5 Å². The summed E-state index contributed by atoms with van der Waals surface area (Å²) in [6.45, 7) is 0.830. The molecule has 0 bridgehead atoms. The molecule has 2 N–H and O–H groups in total. The predicted octanol–water partition coefficient (Wildman–Crippen LogP) is 2.42. The Morgan fingerprint density at radius 3 is 2.86 bits per heavy atom. The second kappa shape index (κ2) is 8.03. The molecule has 6 nitrogen and oxygen atoms in total. The smallest absolute Gasteiger partial charge is 0.239 e. The number of halogens is 1. The quantitative estimate of drug-likeness (QED) is 0.764. The van der Waals surface area contributed by atoms with Crippen molar-refractivity contribution in [2.75, 3.05) is 23.3 Å². The third kappa shape index (κ3) is 4.13. The lowest BCUT2D eigenvalue weighted by atomic mass is 10.0. The molecule has 0 saturated carbocycles. The van der Waals surface area contributed by atoms with Gasteiger partial charge in [-0.15, -0.1) is 0 Å². The highest BCUT2D eigenvalue weighted by molar-refractivity contribution is 6.09. The number of nitrogens with zero attached hydrogens (tertiary/aromatic N) is 1. The monoisotopic (exact) mass is 395 g/mol. The fourth-order valence-electron chi connectivity index (χ4n) is 3.86. The largest absolute Gasteiger partial charge is 0.355 e. The normalized spacial score (nSPS) is 18.4. The summed E-state index contributed by atoms with van der Waals surface area (Å²) in [6.07, 6.45) is 2.03. The molecule has 4 rings (SSSR count). The maximum absolute atomic E-state index is 13.2. The highest BCUT2D eigenvalue weighted by atomic mass is 19.1. The number of anilines is 2. The molecule has 2 heterocycles. The lowest BCUT2D eigenvalue weighted by molar-refractivity contribution is -0.132. The van der Waals surface area contributed by atoms with Gasteiger partial charge in [0.25, 0.3) is 0 Å². The van der Waals surface area contributed by atoms with Gasteiger partial charge < -0.3 is 15.5 Å². The zero-order valence-electron chi connectivity index (χ0n) is 15.9. The molecule has 2 aromatic rings. The summed E-state index contributed by atoms with van der Waals surface area (Å²) >= 11 is 0. The van der Waals surface area contributed by atoms with Crippen molar-refractivity contribution in [2.24, 2.45) is 5.92 Å². The van der Waals surface area contributed by atoms with Crippen LogP contribution in [-0.4, -0.2) is 30.8 Å². The molecule has 2 aromatic carbocycles. The third-order valence-electron chi connectivity index (χ3n) is 5.42. The molecule has 1 fully saturated rings. The molecule has 1 saturated heterocycles. The second-order valence-corrected chi connectivity index (χ2v) is 7.39. The molecule has 2 aliphatic heterocycles. The van der Waals surface area contributed by atoms with Gasteiger partial charge in [-0.05, 0) is 60.7 Å². The van der Waals surface area contributed by atoms with Gasteiger partial charge >= 0.3 is 0 Å². The van der Waals surface area contributed by atoms with Crippen LogP contribution in [0.3, 0.4) is 0 Å². The Labute approximate surface area is 168 Å². The number of amides is 3. The summed E-state index contributed by atoms with van der Waals surface area (Å²) in [6, 6.07) is 11.8. The summed E-state index contributed by atoms with van der Waals surface area (Å²) < 4.78 is 13.2. The first-order valence-corrected chi connectivity index (χ1v) is 9.77.